The molecule has 5 rings (SSSR count). The van der Waals surface area contributed by atoms with Crippen LogP contribution in [0.5, 0.6) is 5.75 Å². The van der Waals surface area contributed by atoms with E-state index in [2.05, 4.69) is 12.6 Å². The Morgan fingerprint density at radius 2 is 1.79 bits per heavy atom. The fourth-order valence-corrected chi connectivity index (χ4v) is 7.91. The van der Waals surface area contributed by atoms with Crippen LogP contribution in [0.25, 0.3) is 28.0 Å². The average Bonchev–Trinajstić information content (AvgIpc) is 3.03. The smallest absolute Gasteiger partial charge is 0.276 e. The van der Waals surface area contributed by atoms with Gasteiger partial charge in [0.1, 0.15) is 17.3 Å². The SMILES string of the molecule is C=CC(=O)N1[C@H](C)CN(c2c(C#N)c(=O)n(C3=C(C)C=CN(C)C3C(C)C)c3nc(-c4c(Cl)c(O)c(F)c(Cl)c4Cl)c(Cl)cc23)C[C@@H]1C. The summed E-state index contributed by atoms with van der Waals surface area (Å²) in [6.45, 7) is 13.9. The van der Waals surface area contributed by atoms with Crippen LogP contribution >= 0.6 is 46.4 Å². The maximum absolute atomic E-state index is 14.7. The first-order valence-electron chi connectivity index (χ1n) is 15.1. The standard InChI is InChI=1S/C34H33Cl4FN6O3/c1-8-22(46)44-17(5)13-43(14-18(44)6)31-19-11-21(35)28(23-24(36)26(38)27(39)32(47)25(23)37)41-33(19)45(34(48)20(31)12-40)30-16(4)9-10-42(7)29(30)15(2)3/h8-11,15,17-18,29,47H,1,13-14H2,2-7H3/t17-,18+,29?. The number of halogens is 5. The highest BCUT2D eigenvalue weighted by Crippen LogP contribution is 2.48. The van der Waals surface area contributed by atoms with Crippen molar-refractivity contribution in [2.75, 3.05) is 25.0 Å². The van der Waals surface area contributed by atoms with Crippen molar-refractivity contribution in [1.82, 2.24) is 19.4 Å². The highest BCUT2D eigenvalue weighted by atomic mass is 35.5. The summed E-state index contributed by atoms with van der Waals surface area (Å²) in [4.78, 5) is 37.9. The number of rotatable bonds is 5. The van der Waals surface area contributed by atoms with Gasteiger partial charge in [0, 0.05) is 43.2 Å². The van der Waals surface area contributed by atoms with Gasteiger partial charge in [-0.15, -0.1) is 0 Å². The fraction of sp³-hybridized carbons (Fsp3) is 0.353. The molecule has 1 aromatic carbocycles. The minimum atomic E-state index is -1.21. The van der Waals surface area contributed by atoms with E-state index < -0.39 is 27.2 Å². The highest BCUT2D eigenvalue weighted by molar-refractivity contribution is 6.47. The number of allylic oxidation sites excluding steroid dienone is 2. The van der Waals surface area contributed by atoms with Gasteiger partial charge >= 0.3 is 0 Å². The molecular weight excluding hydrogens is 701 g/mol. The van der Waals surface area contributed by atoms with Gasteiger partial charge < -0.3 is 19.8 Å². The molecule has 0 radical (unpaired) electrons. The number of aromatic hydroxyl groups is 1. The number of carbonyl (C=O) groups is 1. The molecule has 2 aromatic heterocycles. The zero-order chi connectivity index (χ0) is 35.5. The molecule has 1 fully saturated rings. The van der Waals surface area contributed by atoms with Crippen LogP contribution in [0.4, 0.5) is 10.1 Å². The predicted molar refractivity (Wildman–Crippen MR) is 190 cm³/mol. The Labute approximate surface area is 297 Å². The fourth-order valence-electron chi connectivity index (χ4n) is 6.90. The quantitative estimate of drug-likeness (QED) is 0.163. The molecule has 3 atom stereocenters. The molecule has 48 heavy (non-hydrogen) atoms. The van der Waals surface area contributed by atoms with Crippen molar-refractivity contribution in [2.24, 2.45) is 5.92 Å². The second-order valence-electron chi connectivity index (χ2n) is 12.4. The average molecular weight is 734 g/mol. The van der Waals surface area contributed by atoms with Gasteiger partial charge in [0.25, 0.3) is 5.56 Å². The number of phenolic OH excluding ortho intramolecular Hbond substituents is 1. The summed E-state index contributed by atoms with van der Waals surface area (Å²) in [6, 6.07) is 2.78. The number of amides is 1. The third kappa shape index (κ3) is 5.61. The molecule has 4 heterocycles. The van der Waals surface area contributed by atoms with Gasteiger partial charge in [0.05, 0.1) is 43.2 Å². The molecule has 9 nitrogen and oxygen atoms in total. The van der Waals surface area contributed by atoms with Crippen LogP contribution in [0.15, 0.2) is 41.4 Å². The number of anilines is 1. The number of hydrogen-bond acceptors (Lipinski definition) is 7. The molecule has 3 aromatic rings. The molecule has 252 valence electrons. The summed E-state index contributed by atoms with van der Waals surface area (Å²) in [5.74, 6) is -2.36. The summed E-state index contributed by atoms with van der Waals surface area (Å²) in [5.41, 5.74) is 0.828. The second kappa shape index (κ2) is 13.3. The van der Waals surface area contributed by atoms with Crippen molar-refractivity contribution in [3.05, 3.63) is 78.4 Å². The van der Waals surface area contributed by atoms with Crippen molar-refractivity contribution in [3.8, 4) is 23.1 Å². The van der Waals surface area contributed by atoms with Crippen LogP contribution < -0.4 is 10.5 Å². The summed E-state index contributed by atoms with van der Waals surface area (Å²) >= 11 is 26.0. The Morgan fingerprint density at radius 3 is 2.35 bits per heavy atom. The molecule has 0 spiro atoms. The number of phenols is 1. The van der Waals surface area contributed by atoms with Crippen LogP contribution in [-0.4, -0.2) is 68.6 Å². The Balaban J connectivity index is 1.94. The van der Waals surface area contributed by atoms with Crippen LogP contribution in [0.2, 0.25) is 20.1 Å². The van der Waals surface area contributed by atoms with E-state index in [9.17, 15) is 24.3 Å². The number of piperazine rings is 1. The number of fused-ring (bicyclic) bond motifs is 1. The lowest BCUT2D eigenvalue weighted by Gasteiger charge is -2.45. The van der Waals surface area contributed by atoms with E-state index in [4.69, 9.17) is 51.4 Å². The lowest BCUT2D eigenvalue weighted by molar-refractivity contribution is -0.130. The zero-order valence-electron chi connectivity index (χ0n) is 27.1. The van der Waals surface area contributed by atoms with Crippen LogP contribution in [0.3, 0.4) is 0 Å². The lowest BCUT2D eigenvalue weighted by atomic mass is 9.93. The molecule has 0 bridgehead atoms. The number of nitriles is 1. The van der Waals surface area contributed by atoms with Crippen molar-refractivity contribution >= 4 is 74.7 Å². The van der Waals surface area contributed by atoms with Crippen LogP contribution in [-0.2, 0) is 4.79 Å². The molecule has 1 unspecified atom stereocenters. The van der Waals surface area contributed by atoms with Crippen molar-refractivity contribution in [3.63, 3.8) is 0 Å². The molecule has 1 saturated heterocycles. The predicted octanol–water partition coefficient (Wildman–Crippen LogP) is 7.72. The first-order valence-corrected chi connectivity index (χ1v) is 16.6. The molecule has 1 amide bonds. The highest BCUT2D eigenvalue weighted by Gasteiger charge is 2.37. The van der Waals surface area contributed by atoms with Crippen molar-refractivity contribution in [1.29, 1.82) is 5.26 Å². The van der Waals surface area contributed by atoms with Gasteiger partial charge in [-0.05, 0) is 56.7 Å². The molecule has 2 aliphatic rings. The number of carbonyl (C=O) groups excluding carboxylic acids is 1. The molecule has 2 aliphatic heterocycles. The Kier molecular flexibility index (Phi) is 9.84. The first kappa shape index (κ1) is 35.6. The van der Waals surface area contributed by atoms with E-state index >= 15 is 0 Å². The second-order valence-corrected chi connectivity index (χ2v) is 14.0. The topological polar surface area (TPSA) is 106 Å². The maximum atomic E-state index is 14.7. The minimum absolute atomic E-state index is 0.0118. The minimum Gasteiger partial charge on any atom is -0.504 e. The van der Waals surface area contributed by atoms with Gasteiger partial charge in [-0.3, -0.25) is 14.2 Å². The van der Waals surface area contributed by atoms with E-state index in [-0.39, 0.29) is 75.6 Å². The third-order valence-corrected chi connectivity index (χ3v) is 10.4. The van der Waals surface area contributed by atoms with Gasteiger partial charge in [-0.1, -0.05) is 66.8 Å². The molecule has 0 saturated carbocycles. The van der Waals surface area contributed by atoms with Gasteiger partial charge in [-0.2, -0.15) is 5.26 Å². The van der Waals surface area contributed by atoms with Crippen molar-refractivity contribution in [2.45, 2.75) is 52.7 Å². The molecule has 14 heteroatoms. The van der Waals surface area contributed by atoms with E-state index in [1.165, 1.54) is 10.6 Å². The number of hydrogen-bond donors (Lipinski definition) is 1. The molecule has 1 N–H and O–H groups in total. The van der Waals surface area contributed by atoms with E-state index in [0.717, 1.165) is 5.57 Å². The normalized spacial score (nSPS) is 19.8. The molecule has 0 aliphatic carbocycles. The lowest BCUT2D eigenvalue weighted by Crippen LogP contribution is -2.58. The molecular formula is C34H33Cl4FN6O3. The zero-order valence-corrected chi connectivity index (χ0v) is 30.1. The van der Waals surface area contributed by atoms with E-state index in [1.807, 2.05) is 63.7 Å². The number of nitrogens with zero attached hydrogens (tertiary/aromatic N) is 6. The number of benzene rings is 1. The largest absolute Gasteiger partial charge is 0.504 e. The Bertz CT molecular complexity index is 2010. The maximum Gasteiger partial charge on any atom is 0.276 e. The van der Waals surface area contributed by atoms with Crippen molar-refractivity contribution < 1.29 is 14.3 Å². The summed E-state index contributed by atoms with van der Waals surface area (Å²) in [5, 5.41) is 20.0. The number of pyridine rings is 2. The first-order chi connectivity index (χ1) is 22.6. The monoisotopic (exact) mass is 732 g/mol. The third-order valence-electron chi connectivity index (χ3n) is 8.88. The Hall–Kier alpha value is -3.75. The van der Waals surface area contributed by atoms with Gasteiger partial charge in [0.2, 0.25) is 5.91 Å². The van der Waals surface area contributed by atoms with Gasteiger partial charge in [0.15, 0.2) is 11.6 Å². The number of likely N-dealkylation sites (N-methyl/N-ethyl adjacent to an activating group) is 1. The summed E-state index contributed by atoms with van der Waals surface area (Å²) in [7, 11) is 1.89. The summed E-state index contributed by atoms with van der Waals surface area (Å²) in [6.07, 6.45) is 5.05. The van der Waals surface area contributed by atoms with E-state index in [1.54, 1.807) is 11.0 Å². The Morgan fingerprint density at radius 1 is 1.17 bits per heavy atom. The number of aromatic nitrogens is 2. The van der Waals surface area contributed by atoms with Crippen LogP contribution in [0.1, 0.15) is 40.2 Å². The van der Waals surface area contributed by atoms with Gasteiger partial charge in [-0.25, -0.2) is 9.37 Å². The van der Waals surface area contributed by atoms with E-state index in [0.29, 0.717) is 16.8 Å². The summed E-state index contributed by atoms with van der Waals surface area (Å²) < 4.78 is 16.0. The van der Waals surface area contributed by atoms with Crippen LogP contribution in [0, 0.1) is 23.1 Å².